The van der Waals surface area contributed by atoms with Gasteiger partial charge in [-0.1, -0.05) is 50.3 Å². The number of carbonyl (C=O) groups is 1. The summed E-state index contributed by atoms with van der Waals surface area (Å²) < 4.78 is 61.4. The number of carbonyl (C=O) groups excluding carboxylic acids is 1. The van der Waals surface area contributed by atoms with Crippen LogP contribution in [0.1, 0.15) is 125 Å². The number of benzene rings is 1. The minimum absolute atomic E-state index is 0.0211. The van der Waals surface area contributed by atoms with E-state index in [-0.39, 0.29) is 37.3 Å². The number of esters is 1. The lowest BCUT2D eigenvalue weighted by Gasteiger charge is -2.48. The van der Waals surface area contributed by atoms with Gasteiger partial charge in [-0.2, -0.15) is 0 Å². The Hall–Kier alpha value is -3.81. The second-order valence-electron chi connectivity index (χ2n) is 24.7. The minimum Gasteiger partial charge on any atom is -0.459 e. The summed E-state index contributed by atoms with van der Waals surface area (Å²) in [4.78, 5) is 25.8. The van der Waals surface area contributed by atoms with Crippen molar-refractivity contribution < 1.29 is 62.8 Å². The molecule has 81 heavy (non-hydrogen) atoms. The van der Waals surface area contributed by atoms with Crippen LogP contribution in [0.15, 0.2) is 48.8 Å². The van der Waals surface area contributed by atoms with Gasteiger partial charge in [0.15, 0.2) is 12.6 Å². The van der Waals surface area contributed by atoms with Crippen LogP contribution in [-0.4, -0.2) is 215 Å². The Balaban J connectivity index is 1.07. The first-order chi connectivity index (χ1) is 38.3. The van der Waals surface area contributed by atoms with Crippen LogP contribution in [0, 0.1) is 17.8 Å². The van der Waals surface area contributed by atoms with Gasteiger partial charge in [-0.15, -0.1) is 5.10 Å². The van der Waals surface area contributed by atoms with Gasteiger partial charge in [0.1, 0.15) is 48.6 Å². The zero-order valence-corrected chi connectivity index (χ0v) is 50.6. The number of aliphatic hydroxyl groups excluding tert-OH is 2. The zero-order valence-electron chi connectivity index (χ0n) is 50.6. The average Bonchev–Trinajstić information content (AvgIpc) is 4.13. The number of rotatable bonds is 17. The molecule has 5 N–H and O–H groups in total. The molecule has 4 saturated heterocycles. The summed E-state index contributed by atoms with van der Waals surface area (Å²) in [7, 11) is 7.00. The topological polar surface area (TPSA) is 228 Å². The number of methoxy groups -OCH3 is 2. The van der Waals surface area contributed by atoms with Gasteiger partial charge >= 0.3 is 5.97 Å². The second kappa shape index (κ2) is 27.9. The number of ether oxygens (including phenoxy) is 7. The molecule has 0 amide bonds. The van der Waals surface area contributed by atoms with Gasteiger partial charge in [-0.25, -0.2) is 14.1 Å². The Morgan fingerprint density at radius 3 is 2.23 bits per heavy atom. The van der Waals surface area contributed by atoms with Crippen molar-refractivity contribution in [3.8, 4) is 11.1 Å². The van der Waals surface area contributed by atoms with Crippen molar-refractivity contribution in [2.75, 3.05) is 79.2 Å². The summed E-state index contributed by atoms with van der Waals surface area (Å²) in [6.07, 6.45) is -2.72. The predicted octanol–water partition coefficient (Wildman–Crippen LogP) is 5.50. The fraction of sp³-hybridized carbons (Fsp3) is 0.767. The van der Waals surface area contributed by atoms with E-state index >= 15 is 4.39 Å². The number of cyclic esters (lactones) is 1. The lowest BCUT2D eigenvalue weighted by atomic mass is 9.77. The highest BCUT2D eigenvalue weighted by Gasteiger charge is 2.52. The van der Waals surface area contributed by atoms with E-state index < -0.39 is 109 Å². The molecule has 21 heteroatoms. The molecule has 0 bridgehead atoms. The van der Waals surface area contributed by atoms with Crippen molar-refractivity contribution in [3.63, 3.8) is 0 Å². The molecule has 0 saturated carbocycles. The van der Waals surface area contributed by atoms with Gasteiger partial charge in [0.25, 0.3) is 0 Å². The summed E-state index contributed by atoms with van der Waals surface area (Å²) >= 11 is 0. The van der Waals surface area contributed by atoms with Gasteiger partial charge in [-0.05, 0) is 111 Å². The summed E-state index contributed by atoms with van der Waals surface area (Å²) in [5.41, 5.74) is -0.920. The quantitative estimate of drug-likeness (QED) is 0.105. The Morgan fingerprint density at radius 2 is 1.60 bits per heavy atom. The molecular weight excluding hydrogens is 1040 g/mol. The van der Waals surface area contributed by atoms with E-state index in [1.54, 1.807) is 52.6 Å². The predicted molar refractivity (Wildman–Crippen MR) is 305 cm³/mol. The SMILES string of the molecule is CC[C@H]1OC(=O)[C@H](C)[C@@H](O[C@H]2C[C@@](C)(OC)[C@@H](O)[C@H](C)O2)[C@H](C)[C@@H](O[C@H]2C[C@@H](N(C)CCc3cn([C@H](CF)[C@H](OC)c4ccc(-c5ccc(N6CCNCC6)nc5)cc4)nn3)C[C@@H](C)O2)[C@](C)(O)C[C@@H](C)CN(C)[C@H](C)[C@@H](O)[C@]1(C)O. The number of piperazine rings is 1. The Labute approximate surface area is 480 Å². The molecule has 4 aliphatic heterocycles. The molecule has 0 aliphatic carbocycles. The molecule has 3 aromatic rings. The third-order valence-corrected chi connectivity index (χ3v) is 18.2. The maximum absolute atomic E-state index is 15.1. The van der Waals surface area contributed by atoms with Gasteiger partial charge < -0.3 is 73.6 Å². The van der Waals surface area contributed by atoms with E-state index in [0.29, 0.717) is 38.0 Å². The number of alkyl halides is 1. The van der Waals surface area contributed by atoms with Crippen LogP contribution in [-0.2, 0) is 44.4 Å². The lowest BCUT2D eigenvalue weighted by molar-refractivity contribution is -0.308. The first kappa shape index (κ1) is 64.7. The molecule has 0 spiro atoms. The third kappa shape index (κ3) is 15.4. The number of anilines is 1. The summed E-state index contributed by atoms with van der Waals surface area (Å²) in [6.45, 7) is 22.0. The standard InChI is InChI=1S/C60H97FN8O12/c1-15-48-60(10,74)54(70)40(6)67(12)34-36(2)30-58(8,73)56(38(4)52(39(5)57(72)79-48)80-51-31-59(9,76-14)55(71)41(7)78-51)81-50-29-46(28-37(3)77-50)66(11)25-22-45-35-69(65-64-45)47(32-61)53(75-13)43-18-16-42(17-19-43)44-20-21-49(63-33-44)68-26-23-62-24-27-68/h16-21,33,35-41,46-48,50-56,62,70-71,73-74H,15,22-32,34H2,1-14H3/t36-,37-,38+,39-,40-,41+,46+,47-,48-,50+,51+,52+,53-,54-,55+,56-,58-,59-,60-/m1/s1. The summed E-state index contributed by atoms with van der Waals surface area (Å²) in [6, 6.07) is 10.7. The molecule has 456 valence electrons. The summed E-state index contributed by atoms with van der Waals surface area (Å²) in [5.74, 6) is -1.61. The minimum atomic E-state index is -1.82. The lowest BCUT2D eigenvalue weighted by Crippen LogP contribution is -2.59. The molecule has 0 unspecified atom stereocenters. The van der Waals surface area contributed by atoms with E-state index in [4.69, 9.17) is 38.1 Å². The van der Waals surface area contributed by atoms with Crippen molar-refractivity contribution in [2.45, 2.75) is 204 Å². The van der Waals surface area contributed by atoms with E-state index in [2.05, 4.69) is 37.6 Å². The van der Waals surface area contributed by atoms with Crippen LogP contribution in [0.3, 0.4) is 0 Å². The highest BCUT2D eigenvalue weighted by molar-refractivity contribution is 5.73. The van der Waals surface area contributed by atoms with Crippen LogP contribution < -0.4 is 10.2 Å². The average molecular weight is 1140 g/mol. The van der Waals surface area contributed by atoms with Gasteiger partial charge in [0, 0.05) is 109 Å². The fourth-order valence-corrected chi connectivity index (χ4v) is 13.0. The van der Waals surface area contributed by atoms with E-state index in [0.717, 1.165) is 48.7 Å². The molecule has 20 nitrogen and oxygen atoms in total. The van der Waals surface area contributed by atoms with Crippen LogP contribution in [0.5, 0.6) is 0 Å². The third-order valence-electron chi connectivity index (χ3n) is 18.2. The fourth-order valence-electron chi connectivity index (χ4n) is 13.0. The normalized spacial score (nSPS) is 37.1. The number of hydrogen-bond donors (Lipinski definition) is 5. The van der Waals surface area contributed by atoms with Crippen LogP contribution in [0.25, 0.3) is 11.1 Å². The highest BCUT2D eigenvalue weighted by atomic mass is 19.1. The monoisotopic (exact) mass is 1140 g/mol. The van der Waals surface area contributed by atoms with Gasteiger partial charge in [0.05, 0.1) is 47.2 Å². The number of aliphatic hydroxyl groups is 4. The van der Waals surface area contributed by atoms with Crippen molar-refractivity contribution in [1.82, 2.24) is 35.1 Å². The van der Waals surface area contributed by atoms with Crippen LogP contribution in [0.2, 0.25) is 0 Å². The number of nitrogens with zero attached hydrogens (tertiary/aromatic N) is 7. The summed E-state index contributed by atoms with van der Waals surface area (Å²) in [5, 5.41) is 60.0. The van der Waals surface area contributed by atoms with Crippen molar-refractivity contribution in [1.29, 1.82) is 0 Å². The number of likely N-dealkylation sites (N-methyl/N-ethyl adjacent to an activating group) is 2. The van der Waals surface area contributed by atoms with Gasteiger partial charge in [0.2, 0.25) is 0 Å². The molecule has 19 atom stereocenters. The molecular formula is C60H97FN8O12. The molecule has 0 radical (unpaired) electrons. The molecule has 2 aromatic heterocycles. The smallest absolute Gasteiger partial charge is 0.311 e. The van der Waals surface area contributed by atoms with E-state index in [9.17, 15) is 25.2 Å². The number of aromatic nitrogens is 4. The Morgan fingerprint density at radius 1 is 0.914 bits per heavy atom. The molecule has 6 heterocycles. The maximum atomic E-state index is 15.1. The molecule has 4 aliphatic rings. The maximum Gasteiger partial charge on any atom is 0.311 e. The molecule has 7 rings (SSSR count). The van der Waals surface area contributed by atoms with Crippen LogP contribution >= 0.6 is 0 Å². The Bertz CT molecular complexity index is 2420. The van der Waals surface area contributed by atoms with E-state index in [1.165, 1.54) is 14.0 Å². The number of pyridine rings is 1. The highest BCUT2D eigenvalue weighted by Crippen LogP contribution is 2.41. The molecule has 1 aromatic carbocycles. The van der Waals surface area contributed by atoms with Crippen molar-refractivity contribution in [2.24, 2.45) is 17.8 Å². The first-order valence-corrected chi connectivity index (χ1v) is 29.4. The van der Waals surface area contributed by atoms with Crippen molar-refractivity contribution >= 4 is 11.8 Å². The Kier molecular flexibility index (Phi) is 22.3. The number of hydrogen-bond acceptors (Lipinski definition) is 19. The second-order valence-corrected chi connectivity index (χ2v) is 24.7. The number of nitrogens with one attached hydrogen (secondary N) is 1. The first-order valence-electron chi connectivity index (χ1n) is 29.4. The molecule has 4 fully saturated rings. The van der Waals surface area contributed by atoms with Gasteiger partial charge in [-0.3, -0.25) is 4.79 Å². The van der Waals surface area contributed by atoms with Crippen LogP contribution in [0.4, 0.5) is 10.2 Å². The van der Waals surface area contributed by atoms with E-state index in [1.807, 2.05) is 77.2 Å². The number of halogens is 1. The van der Waals surface area contributed by atoms with Crippen molar-refractivity contribution in [3.05, 3.63) is 60.0 Å². The zero-order chi connectivity index (χ0) is 59.1. The largest absolute Gasteiger partial charge is 0.459 e.